The van der Waals surface area contributed by atoms with Crippen LogP contribution in [0.15, 0.2) is 48.8 Å². The van der Waals surface area contributed by atoms with E-state index in [-0.39, 0.29) is 0 Å². The van der Waals surface area contributed by atoms with Crippen LogP contribution in [0.3, 0.4) is 0 Å². The molecule has 0 saturated heterocycles. The lowest BCUT2D eigenvalue weighted by molar-refractivity contribution is 0.591. The van der Waals surface area contributed by atoms with Gasteiger partial charge in [0.15, 0.2) is 0 Å². The molecule has 0 unspecified atom stereocenters. The molecule has 0 fully saturated rings. The molecule has 1 aliphatic rings. The van der Waals surface area contributed by atoms with Crippen molar-refractivity contribution < 1.29 is 8.42 Å². The van der Waals surface area contributed by atoms with E-state index in [1.807, 2.05) is 31.3 Å². The summed E-state index contributed by atoms with van der Waals surface area (Å²) in [4.78, 5) is 4.03. The quantitative estimate of drug-likeness (QED) is 0.855. The standard InChI is InChI=1S/C15H18N4O2S/c1-16-9-5-11-18-14-7-2-3-8-15(14)19(22(18,20)21)13-6-4-10-17-12-13/h2-4,6-8,10,12,16H,5,9,11H2,1H3. The van der Waals surface area contributed by atoms with Gasteiger partial charge in [-0.1, -0.05) is 12.1 Å². The Bertz CT molecular complexity index is 749. The van der Waals surface area contributed by atoms with Crippen LogP contribution in [-0.2, 0) is 10.2 Å². The zero-order chi connectivity index (χ0) is 15.6. The summed E-state index contributed by atoms with van der Waals surface area (Å²) in [5.74, 6) is 0. The van der Waals surface area contributed by atoms with Gasteiger partial charge in [-0.3, -0.25) is 9.29 Å². The summed E-state index contributed by atoms with van der Waals surface area (Å²) in [6.45, 7) is 1.21. The van der Waals surface area contributed by atoms with Crippen LogP contribution in [0.2, 0.25) is 0 Å². The van der Waals surface area contributed by atoms with Gasteiger partial charge in [-0.25, -0.2) is 4.31 Å². The van der Waals surface area contributed by atoms with Crippen molar-refractivity contribution in [2.24, 2.45) is 0 Å². The van der Waals surface area contributed by atoms with Gasteiger partial charge in [-0.2, -0.15) is 8.42 Å². The summed E-state index contributed by atoms with van der Waals surface area (Å²) >= 11 is 0. The van der Waals surface area contributed by atoms with E-state index in [9.17, 15) is 8.42 Å². The Hall–Kier alpha value is -2.12. The molecule has 2 heterocycles. The van der Waals surface area contributed by atoms with Crippen molar-refractivity contribution in [3.05, 3.63) is 48.8 Å². The van der Waals surface area contributed by atoms with E-state index in [0.717, 1.165) is 13.0 Å². The number of hydrogen-bond donors (Lipinski definition) is 1. The molecule has 0 atom stereocenters. The van der Waals surface area contributed by atoms with Crippen molar-refractivity contribution in [3.63, 3.8) is 0 Å². The van der Waals surface area contributed by atoms with E-state index in [2.05, 4.69) is 10.3 Å². The zero-order valence-corrected chi connectivity index (χ0v) is 13.1. The van der Waals surface area contributed by atoms with Crippen LogP contribution in [0.1, 0.15) is 6.42 Å². The lowest BCUT2D eigenvalue weighted by atomic mass is 10.2. The summed E-state index contributed by atoms with van der Waals surface area (Å²) in [6, 6.07) is 10.8. The molecule has 0 aliphatic carbocycles. The smallest absolute Gasteiger partial charge is 0.320 e. The van der Waals surface area contributed by atoms with Gasteiger partial charge >= 0.3 is 10.2 Å². The number of fused-ring (bicyclic) bond motifs is 1. The molecule has 2 aromatic rings. The molecule has 0 bridgehead atoms. The molecule has 6 nitrogen and oxygen atoms in total. The molecule has 116 valence electrons. The number of anilines is 3. The summed E-state index contributed by atoms with van der Waals surface area (Å²) in [7, 11) is -1.77. The second kappa shape index (κ2) is 5.94. The van der Waals surface area contributed by atoms with Crippen molar-refractivity contribution >= 4 is 27.3 Å². The van der Waals surface area contributed by atoms with Crippen LogP contribution in [0.4, 0.5) is 17.1 Å². The van der Waals surface area contributed by atoms with Gasteiger partial charge in [-0.05, 0) is 44.3 Å². The number of aromatic nitrogens is 1. The van der Waals surface area contributed by atoms with Crippen molar-refractivity contribution in [1.29, 1.82) is 0 Å². The first kappa shape index (κ1) is 14.8. The second-order valence-electron chi connectivity index (χ2n) is 5.00. The minimum atomic E-state index is -3.62. The summed E-state index contributed by atoms with van der Waals surface area (Å²) in [5.41, 5.74) is 1.92. The molecule has 0 amide bonds. The number of nitrogens with zero attached hydrogens (tertiary/aromatic N) is 3. The van der Waals surface area contributed by atoms with E-state index in [1.54, 1.807) is 24.5 Å². The molecule has 0 saturated carbocycles. The van der Waals surface area contributed by atoms with E-state index >= 15 is 0 Å². The number of nitrogens with one attached hydrogen (secondary N) is 1. The monoisotopic (exact) mass is 318 g/mol. The van der Waals surface area contributed by atoms with Gasteiger partial charge in [-0.15, -0.1) is 0 Å². The first-order valence-corrected chi connectivity index (χ1v) is 8.52. The normalized spacial score (nSPS) is 15.9. The minimum absolute atomic E-state index is 0.441. The fourth-order valence-corrected chi connectivity index (χ4v) is 4.31. The SMILES string of the molecule is CNCCCN1c2ccccc2N(c2cccnc2)S1(=O)=O. The highest BCUT2D eigenvalue weighted by atomic mass is 32.2. The molecule has 1 aliphatic heterocycles. The van der Waals surface area contributed by atoms with Gasteiger partial charge in [0.2, 0.25) is 0 Å². The Balaban J connectivity index is 2.05. The first-order chi connectivity index (χ1) is 10.7. The number of hydrogen-bond acceptors (Lipinski definition) is 4. The summed E-state index contributed by atoms with van der Waals surface area (Å²) in [6.07, 6.45) is 3.93. The molecule has 22 heavy (non-hydrogen) atoms. The molecule has 0 radical (unpaired) electrons. The third kappa shape index (κ3) is 2.42. The topological polar surface area (TPSA) is 65.5 Å². The number of para-hydroxylation sites is 2. The highest BCUT2D eigenvalue weighted by molar-refractivity contribution is 7.95. The third-order valence-corrected chi connectivity index (χ3v) is 5.35. The molecular formula is C15H18N4O2S. The molecular weight excluding hydrogens is 300 g/mol. The number of rotatable bonds is 5. The molecule has 0 spiro atoms. The molecule has 1 aromatic carbocycles. The predicted molar refractivity (Wildman–Crippen MR) is 87.6 cm³/mol. The van der Waals surface area contributed by atoms with Gasteiger partial charge in [0.1, 0.15) is 0 Å². The van der Waals surface area contributed by atoms with Gasteiger partial charge in [0.25, 0.3) is 0 Å². The fourth-order valence-electron chi connectivity index (χ4n) is 2.58. The van der Waals surface area contributed by atoms with Gasteiger partial charge in [0, 0.05) is 12.7 Å². The maximum Gasteiger partial charge on any atom is 0.331 e. The Labute approximate surface area is 130 Å². The van der Waals surface area contributed by atoms with Crippen molar-refractivity contribution in [2.75, 3.05) is 28.7 Å². The average Bonchev–Trinajstić information content (AvgIpc) is 2.75. The Morgan fingerprint density at radius 1 is 1.14 bits per heavy atom. The summed E-state index contributed by atoms with van der Waals surface area (Å²) < 4.78 is 28.7. The van der Waals surface area contributed by atoms with Crippen LogP contribution in [0.5, 0.6) is 0 Å². The van der Waals surface area contributed by atoms with Crippen LogP contribution < -0.4 is 13.9 Å². The lowest BCUT2D eigenvalue weighted by Gasteiger charge is -2.21. The van der Waals surface area contributed by atoms with E-state index in [0.29, 0.717) is 23.6 Å². The maximum atomic E-state index is 12.9. The highest BCUT2D eigenvalue weighted by Gasteiger charge is 2.40. The van der Waals surface area contributed by atoms with Crippen LogP contribution in [0, 0.1) is 0 Å². The van der Waals surface area contributed by atoms with Crippen LogP contribution in [0.25, 0.3) is 0 Å². The van der Waals surface area contributed by atoms with E-state index < -0.39 is 10.2 Å². The molecule has 1 N–H and O–H groups in total. The fraction of sp³-hybridized carbons (Fsp3) is 0.267. The van der Waals surface area contributed by atoms with Crippen molar-refractivity contribution in [1.82, 2.24) is 10.3 Å². The second-order valence-corrected chi connectivity index (χ2v) is 6.70. The van der Waals surface area contributed by atoms with Crippen molar-refractivity contribution in [2.45, 2.75) is 6.42 Å². The minimum Gasteiger partial charge on any atom is -0.320 e. The largest absolute Gasteiger partial charge is 0.331 e. The Morgan fingerprint density at radius 2 is 1.91 bits per heavy atom. The first-order valence-electron chi connectivity index (χ1n) is 7.13. The van der Waals surface area contributed by atoms with Gasteiger partial charge in [0.05, 0.1) is 23.3 Å². The predicted octanol–water partition coefficient (Wildman–Crippen LogP) is 1.89. The van der Waals surface area contributed by atoms with Crippen molar-refractivity contribution in [3.8, 4) is 0 Å². The molecule has 3 rings (SSSR count). The average molecular weight is 318 g/mol. The number of pyridine rings is 1. The lowest BCUT2D eigenvalue weighted by Crippen LogP contribution is -2.36. The third-order valence-electron chi connectivity index (χ3n) is 3.55. The Morgan fingerprint density at radius 3 is 2.59 bits per heavy atom. The van der Waals surface area contributed by atoms with E-state index in [4.69, 9.17) is 0 Å². The molecule has 1 aromatic heterocycles. The zero-order valence-electron chi connectivity index (χ0n) is 12.3. The Kier molecular flexibility index (Phi) is 4.00. The molecule has 7 heteroatoms. The van der Waals surface area contributed by atoms with Crippen LogP contribution >= 0.6 is 0 Å². The maximum absolute atomic E-state index is 12.9. The van der Waals surface area contributed by atoms with Crippen LogP contribution in [-0.4, -0.2) is 33.5 Å². The van der Waals surface area contributed by atoms with Gasteiger partial charge < -0.3 is 5.32 Å². The summed E-state index contributed by atoms with van der Waals surface area (Å²) in [5, 5.41) is 3.04. The number of benzene rings is 1. The van der Waals surface area contributed by atoms with E-state index in [1.165, 1.54) is 8.61 Å². The highest BCUT2D eigenvalue weighted by Crippen LogP contribution is 2.44.